The highest BCUT2D eigenvalue weighted by Gasteiger charge is 2.36. The van der Waals surface area contributed by atoms with E-state index in [0.717, 1.165) is 65.9 Å². The van der Waals surface area contributed by atoms with Crippen molar-refractivity contribution in [2.75, 3.05) is 13.1 Å². The molecule has 6 rings (SSSR count). The van der Waals surface area contributed by atoms with Gasteiger partial charge in [-0.15, -0.1) is 0 Å². The van der Waals surface area contributed by atoms with Crippen LogP contribution in [0.1, 0.15) is 19.3 Å². The van der Waals surface area contributed by atoms with Crippen molar-refractivity contribution in [3.05, 3.63) is 78.4 Å². The minimum atomic E-state index is -0.288. The van der Waals surface area contributed by atoms with Gasteiger partial charge in [0, 0.05) is 31.1 Å². The van der Waals surface area contributed by atoms with E-state index in [9.17, 15) is 13.6 Å². The molecule has 6 heteroatoms. The number of imidazole rings is 1. The zero-order valence-corrected chi connectivity index (χ0v) is 18.8. The minimum absolute atomic E-state index is 0.233. The highest BCUT2D eigenvalue weighted by atomic mass is 19.1. The van der Waals surface area contributed by atoms with Gasteiger partial charge in [-0.1, -0.05) is 36.4 Å². The largest absolute Gasteiger partial charge is 0.342 e. The van der Waals surface area contributed by atoms with Gasteiger partial charge in [-0.25, -0.2) is 13.8 Å². The molecular formula is C28H25F2N3O. The first kappa shape index (κ1) is 21.0. The number of amides is 1. The van der Waals surface area contributed by atoms with Gasteiger partial charge in [-0.3, -0.25) is 4.79 Å². The molecule has 1 aliphatic heterocycles. The highest BCUT2D eigenvalue weighted by molar-refractivity contribution is 5.82. The van der Waals surface area contributed by atoms with Crippen molar-refractivity contribution in [2.45, 2.75) is 25.8 Å². The molecule has 4 aromatic rings. The van der Waals surface area contributed by atoms with Crippen LogP contribution in [0.25, 0.3) is 33.5 Å². The Kier molecular flexibility index (Phi) is 5.16. The number of rotatable bonds is 5. The summed E-state index contributed by atoms with van der Waals surface area (Å²) in [5.74, 6) is 1.08. The normalized spacial score (nSPS) is 18.1. The zero-order chi connectivity index (χ0) is 23.2. The third kappa shape index (κ3) is 3.98. The second-order valence-corrected chi connectivity index (χ2v) is 9.48. The number of fused-ring (bicyclic) bond motifs is 1. The van der Waals surface area contributed by atoms with Crippen LogP contribution in [0, 0.1) is 23.5 Å². The van der Waals surface area contributed by atoms with Gasteiger partial charge in [0.2, 0.25) is 5.91 Å². The van der Waals surface area contributed by atoms with Crippen molar-refractivity contribution in [1.82, 2.24) is 14.5 Å². The summed E-state index contributed by atoms with van der Waals surface area (Å²) in [4.78, 5) is 19.3. The summed E-state index contributed by atoms with van der Waals surface area (Å²) in [5.41, 5.74) is 4.39. The molecule has 0 spiro atoms. The van der Waals surface area contributed by atoms with Gasteiger partial charge in [0.15, 0.2) is 0 Å². The Hall–Kier alpha value is -3.54. The van der Waals surface area contributed by atoms with Gasteiger partial charge in [0.05, 0.1) is 11.0 Å². The predicted molar refractivity (Wildman–Crippen MR) is 128 cm³/mol. The first-order valence-electron chi connectivity index (χ1n) is 11.9. The number of benzene rings is 3. The summed E-state index contributed by atoms with van der Waals surface area (Å²) >= 11 is 0. The summed E-state index contributed by atoms with van der Waals surface area (Å²) in [7, 11) is 0. The van der Waals surface area contributed by atoms with Crippen molar-refractivity contribution >= 4 is 16.9 Å². The van der Waals surface area contributed by atoms with E-state index < -0.39 is 0 Å². The molecule has 2 heterocycles. The van der Waals surface area contributed by atoms with E-state index in [0.29, 0.717) is 18.4 Å². The molecule has 1 amide bonds. The Morgan fingerprint density at radius 3 is 2.21 bits per heavy atom. The van der Waals surface area contributed by atoms with E-state index in [4.69, 9.17) is 4.98 Å². The summed E-state index contributed by atoms with van der Waals surface area (Å²) in [6.45, 7) is 2.22. The smallest absolute Gasteiger partial charge is 0.225 e. The Bertz CT molecular complexity index is 1360. The molecule has 172 valence electrons. The number of carbonyl (C=O) groups excluding carboxylic acids is 1. The molecule has 34 heavy (non-hydrogen) atoms. The van der Waals surface area contributed by atoms with Crippen LogP contribution in [-0.2, 0) is 11.3 Å². The Balaban J connectivity index is 1.32. The Morgan fingerprint density at radius 2 is 1.50 bits per heavy atom. The molecule has 0 N–H and O–H groups in total. The lowest BCUT2D eigenvalue weighted by atomic mass is 10.0. The lowest BCUT2D eigenvalue weighted by molar-refractivity contribution is -0.131. The van der Waals surface area contributed by atoms with E-state index in [2.05, 4.69) is 4.57 Å². The highest BCUT2D eigenvalue weighted by Crippen LogP contribution is 2.34. The molecule has 2 fully saturated rings. The Labute approximate surface area is 196 Å². The number of hydrogen-bond acceptors (Lipinski definition) is 2. The molecule has 1 aromatic heterocycles. The average Bonchev–Trinajstić information content (AvgIpc) is 3.50. The van der Waals surface area contributed by atoms with Crippen molar-refractivity contribution in [1.29, 1.82) is 0 Å². The van der Waals surface area contributed by atoms with Gasteiger partial charge in [-0.05, 0) is 66.6 Å². The van der Waals surface area contributed by atoms with Gasteiger partial charge < -0.3 is 9.47 Å². The van der Waals surface area contributed by atoms with Crippen LogP contribution >= 0.6 is 0 Å². The molecule has 1 aliphatic carbocycles. The molecule has 1 unspecified atom stereocenters. The number of halogens is 2. The minimum Gasteiger partial charge on any atom is -0.342 e. The lowest BCUT2D eigenvalue weighted by Gasteiger charge is -2.18. The monoisotopic (exact) mass is 457 g/mol. The summed E-state index contributed by atoms with van der Waals surface area (Å²) < 4.78 is 29.5. The number of aromatic nitrogens is 2. The van der Waals surface area contributed by atoms with Crippen LogP contribution in [-0.4, -0.2) is 33.4 Å². The van der Waals surface area contributed by atoms with E-state index >= 15 is 0 Å². The second-order valence-electron chi connectivity index (χ2n) is 9.48. The molecule has 4 nitrogen and oxygen atoms in total. The first-order valence-corrected chi connectivity index (χ1v) is 11.9. The van der Waals surface area contributed by atoms with Crippen molar-refractivity contribution in [3.8, 4) is 22.5 Å². The summed E-state index contributed by atoms with van der Waals surface area (Å²) in [6, 6.07) is 19.1. The second kappa shape index (κ2) is 8.35. The molecule has 2 aliphatic rings. The summed E-state index contributed by atoms with van der Waals surface area (Å²) in [6.07, 6.45) is 2.98. The van der Waals surface area contributed by atoms with Crippen LogP contribution in [0.3, 0.4) is 0 Å². The van der Waals surface area contributed by atoms with Crippen molar-refractivity contribution in [3.63, 3.8) is 0 Å². The SMILES string of the molecule is O=C(C1CC1)N1CCC(Cn2c(-c3ccc(-c4ccc(F)cc4)cc3)nc3ccc(F)cc32)C1. The van der Waals surface area contributed by atoms with Gasteiger partial charge in [0.1, 0.15) is 17.5 Å². The quantitative estimate of drug-likeness (QED) is 0.374. The van der Waals surface area contributed by atoms with E-state index in [1.54, 1.807) is 24.3 Å². The number of carbonyl (C=O) groups is 1. The fourth-order valence-corrected chi connectivity index (χ4v) is 4.98. The molecule has 0 bridgehead atoms. The van der Waals surface area contributed by atoms with Gasteiger partial charge in [0.25, 0.3) is 0 Å². The molecule has 1 atom stereocenters. The standard InChI is InChI=1S/C28H25F2N3O/c29-23-9-7-20(8-10-23)19-1-3-21(4-2-19)27-31-25-12-11-24(30)15-26(25)33(27)17-18-13-14-32(16-18)28(34)22-5-6-22/h1-4,7-12,15,18,22H,5-6,13-14,16-17H2. The third-order valence-electron chi connectivity index (χ3n) is 7.00. The van der Waals surface area contributed by atoms with Gasteiger partial charge in [-0.2, -0.15) is 0 Å². The van der Waals surface area contributed by atoms with Gasteiger partial charge >= 0.3 is 0 Å². The fraction of sp³-hybridized carbons (Fsp3) is 0.286. The first-order chi connectivity index (χ1) is 16.5. The van der Waals surface area contributed by atoms with Crippen molar-refractivity contribution < 1.29 is 13.6 Å². The number of hydrogen-bond donors (Lipinski definition) is 0. The van der Waals surface area contributed by atoms with E-state index in [-0.39, 0.29) is 17.6 Å². The maximum absolute atomic E-state index is 14.2. The zero-order valence-electron chi connectivity index (χ0n) is 18.8. The molecule has 0 radical (unpaired) electrons. The van der Waals surface area contributed by atoms with E-state index in [1.165, 1.54) is 18.2 Å². The maximum Gasteiger partial charge on any atom is 0.225 e. The molecule has 1 saturated carbocycles. The van der Waals surface area contributed by atoms with Crippen LogP contribution in [0.4, 0.5) is 8.78 Å². The molecule has 1 saturated heterocycles. The molecular weight excluding hydrogens is 432 g/mol. The van der Waals surface area contributed by atoms with Crippen LogP contribution in [0.2, 0.25) is 0 Å². The summed E-state index contributed by atoms with van der Waals surface area (Å²) in [5, 5.41) is 0. The fourth-order valence-electron chi connectivity index (χ4n) is 4.98. The van der Waals surface area contributed by atoms with Crippen LogP contribution < -0.4 is 0 Å². The predicted octanol–water partition coefficient (Wildman–Crippen LogP) is 5.91. The average molecular weight is 458 g/mol. The van der Waals surface area contributed by atoms with Crippen LogP contribution in [0.15, 0.2) is 66.7 Å². The number of nitrogens with zero attached hydrogens (tertiary/aromatic N) is 3. The number of likely N-dealkylation sites (tertiary alicyclic amines) is 1. The van der Waals surface area contributed by atoms with E-state index in [1.807, 2.05) is 29.2 Å². The third-order valence-corrected chi connectivity index (χ3v) is 7.00. The molecule has 3 aromatic carbocycles. The lowest BCUT2D eigenvalue weighted by Crippen LogP contribution is -2.30. The van der Waals surface area contributed by atoms with Crippen LogP contribution in [0.5, 0.6) is 0 Å². The topological polar surface area (TPSA) is 38.1 Å². The van der Waals surface area contributed by atoms with Crippen molar-refractivity contribution in [2.24, 2.45) is 11.8 Å². The maximum atomic E-state index is 14.2. The Morgan fingerprint density at radius 1 is 0.853 bits per heavy atom.